The van der Waals surface area contributed by atoms with E-state index in [-0.39, 0.29) is 23.4 Å². The van der Waals surface area contributed by atoms with E-state index in [1.165, 1.54) is 44.9 Å². The zero-order valence-corrected chi connectivity index (χ0v) is 23.8. The highest BCUT2D eigenvalue weighted by Crippen LogP contribution is 2.27. The molecule has 7 heteroatoms. The molecule has 0 amide bonds. The van der Waals surface area contributed by atoms with Crippen molar-refractivity contribution in [1.29, 1.82) is 0 Å². The van der Waals surface area contributed by atoms with E-state index in [0.29, 0.717) is 26.1 Å². The first-order valence-electron chi connectivity index (χ1n) is 14.6. The Kier molecular flexibility index (Phi) is 14.3. The van der Waals surface area contributed by atoms with Gasteiger partial charge in [-0.25, -0.2) is 0 Å². The Balaban J connectivity index is 1.45. The lowest BCUT2D eigenvalue weighted by Gasteiger charge is -2.33. The van der Waals surface area contributed by atoms with Crippen molar-refractivity contribution in [3.8, 4) is 0 Å². The molecule has 2 rings (SSSR count). The lowest BCUT2D eigenvalue weighted by molar-refractivity contribution is -0.145. The molecular weight excluding hydrogens is 454 g/mol. The van der Waals surface area contributed by atoms with E-state index in [4.69, 9.17) is 15.2 Å². The first-order valence-corrected chi connectivity index (χ1v) is 14.6. The Labute approximate surface area is 220 Å². The van der Waals surface area contributed by atoms with Crippen molar-refractivity contribution in [1.82, 2.24) is 9.80 Å². The second-order valence-corrected chi connectivity index (χ2v) is 12.5. The van der Waals surface area contributed by atoms with Crippen LogP contribution in [0.2, 0.25) is 0 Å². The van der Waals surface area contributed by atoms with Crippen molar-refractivity contribution in [2.75, 3.05) is 52.5 Å². The summed E-state index contributed by atoms with van der Waals surface area (Å²) in [5.74, 6) is 1.53. The molecule has 0 aromatic carbocycles. The summed E-state index contributed by atoms with van der Waals surface area (Å²) in [7, 11) is 0. The monoisotopic (exact) mass is 509 g/mol. The van der Waals surface area contributed by atoms with Crippen LogP contribution >= 0.6 is 0 Å². The van der Waals surface area contributed by atoms with Crippen LogP contribution in [-0.2, 0) is 19.1 Å². The number of ether oxygens (including phenoxy) is 2. The Morgan fingerprint density at radius 2 is 1.28 bits per heavy atom. The molecule has 2 aliphatic rings. The Bertz CT molecular complexity index is 618. The largest absolute Gasteiger partial charge is 0.466 e. The number of nitrogens with two attached hydrogens (primary N) is 1. The van der Waals surface area contributed by atoms with Crippen molar-refractivity contribution < 1.29 is 19.1 Å². The van der Waals surface area contributed by atoms with Crippen LogP contribution in [0.25, 0.3) is 0 Å². The van der Waals surface area contributed by atoms with Gasteiger partial charge in [-0.15, -0.1) is 0 Å². The fourth-order valence-corrected chi connectivity index (χ4v) is 5.17. The number of nitrogens with zero attached hydrogens (tertiary/aromatic N) is 2. The van der Waals surface area contributed by atoms with Crippen molar-refractivity contribution in [2.24, 2.45) is 23.0 Å². The molecule has 0 radical (unpaired) electrons. The molecule has 2 N–H and O–H groups in total. The molecule has 36 heavy (non-hydrogen) atoms. The quantitative estimate of drug-likeness (QED) is 0.322. The summed E-state index contributed by atoms with van der Waals surface area (Å²) in [6, 6.07) is 0.0790. The molecule has 0 aromatic rings. The minimum atomic E-state index is -0.0974. The van der Waals surface area contributed by atoms with Gasteiger partial charge in [0.15, 0.2) is 0 Å². The number of esters is 2. The molecule has 2 fully saturated rings. The molecule has 1 atom stereocenters. The standard InChI is InChI=1S/C29H55N3O4/c1-24(30)14-22-35-27(33)12-20-31-16-8-25(9-17-31)6-5-7-26-10-18-32(19-11-26)21-13-28(34)36-23-15-29(2,3)4/h24-26H,5-23,30H2,1-4H3. The number of hydrogen-bond donors (Lipinski definition) is 1. The van der Waals surface area contributed by atoms with Crippen LogP contribution in [0.3, 0.4) is 0 Å². The summed E-state index contributed by atoms with van der Waals surface area (Å²) in [5.41, 5.74) is 5.90. The fraction of sp³-hybridized carbons (Fsp3) is 0.931. The average molecular weight is 510 g/mol. The van der Waals surface area contributed by atoms with Crippen LogP contribution in [0.4, 0.5) is 0 Å². The van der Waals surface area contributed by atoms with Gasteiger partial charge in [0.2, 0.25) is 0 Å². The minimum absolute atomic E-state index is 0.0514. The minimum Gasteiger partial charge on any atom is -0.466 e. The van der Waals surface area contributed by atoms with E-state index in [1.807, 2.05) is 6.92 Å². The summed E-state index contributed by atoms with van der Waals surface area (Å²) in [4.78, 5) is 28.7. The molecular formula is C29H55N3O4. The maximum atomic E-state index is 12.0. The second-order valence-electron chi connectivity index (χ2n) is 12.5. The van der Waals surface area contributed by atoms with Gasteiger partial charge in [-0.05, 0) is 88.9 Å². The molecule has 0 aliphatic carbocycles. The molecule has 7 nitrogen and oxygen atoms in total. The molecule has 210 valence electrons. The summed E-state index contributed by atoms with van der Waals surface area (Å²) in [5, 5.41) is 0. The summed E-state index contributed by atoms with van der Waals surface area (Å²) in [6.45, 7) is 15.5. The highest BCUT2D eigenvalue weighted by molar-refractivity contribution is 5.69. The van der Waals surface area contributed by atoms with Crippen molar-refractivity contribution >= 4 is 11.9 Å². The lowest BCUT2D eigenvalue weighted by Crippen LogP contribution is -2.36. The average Bonchev–Trinajstić information content (AvgIpc) is 2.82. The van der Waals surface area contributed by atoms with Crippen LogP contribution in [0.5, 0.6) is 0 Å². The normalized spacial score (nSPS) is 19.8. The Hall–Kier alpha value is -1.18. The van der Waals surface area contributed by atoms with Gasteiger partial charge in [-0.1, -0.05) is 40.0 Å². The van der Waals surface area contributed by atoms with Gasteiger partial charge in [0.1, 0.15) is 0 Å². The first kappa shape index (κ1) is 31.0. The third-order valence-electron chi connectivity index (χ3n) is 7.85. The Morgan fingerprint density at radius 3 is 1.69 bits per heavy atom. The van der Waals surface area contributed by atoms with Gasteiger partial charge in [-0.3, -0.25) is 9.59 Å². The Morgan fingerprint density at radius 1 is 0.833 bits per heavy atom. The maximum Gasteiger partial charge on any atom is 0.307 e. The van der Waals surface area contributed by atoms with Gasteiger partial charge in [0.05, 0.1) is 26.1 Å². The first-order chi connectivity index (χ1) is 17.1. The number of rotatable bonds is 15. The molecule has 1 unspecified atom stereocenters. The molecule has 2 saturated heterocycles. The zero-order chi connectivity index (χ0) is 26.4. The number of carbonyl (C=O) groups excluding carboxylic acids is 2. The van der Waals surface area contributed by atoms with Gasteiger partial charge < -0.3 is 25.0 Å². The summed E-state index contributed by atoms with van der Waals surface area (Å²) >= 11 is 0. The molecule has 2 heterocycles. The number of likely N-dealkylation sites (tertiary alicyclic amines) is 2. The number of piperidine rings is 2. The van der Waals surface area contributed by atoms with Crippen molar-refractivity contribution in [3.05, 3.63) is 0 Å². The molecule has 0 saturated carbocycles. The van der Waals surface area contributed by atoms with E-state index in [2.05, 4.69) is 30.6 Å². The highest BCUT2D eigenvalue weighted by Gasteiger charge is 2.22. The molecule has 0 bridgehead atoms. The highest BCUT2D eigenvalue weighted by atomic mass is 16.5. The van der Waals surface area contributed by atoms with E-state index >= 15 is 0 Å². The third-order valence-corrected chi connectivity index (χ3v) is 7.85. The summed E-state index contributed by atoms with van der Waals surface area (Å²) < 4.78 is 10.7. The van der Waals surface area contributed by atoms with Crippen LogP contribution < -0.4 is 5.73 Å². The smallest absolute Gasteiger partial charge is 0.307 e. The van der Waals surface area contributed by atoms with Crippen LogP contribution in [0.1, 0.15) is 98.3 Å². The molecule has 0 spiro atoms. The second kappa shape index (κ2) is 16.6. The van der Waals surface area contributed by atoms with Gasteiger partial charge in [0, 0.05) is 19.1 Å². The predicted octanol–water partition coefficient (Wildman–Crippen LogP) is 4.62. The SMILES string of the molecule is CC(N)CCOC(=O)CCN1CCC(CCCC2CCN(CCC(=O)OCCC(C)(C)C)CC2)CC1. The van der Waals surface area contributed by atoms with Crippen LogP contribution in [0.15, 0.2) is 0 Å². The summed E-state index contributed by atoms with van der Waals surface area (Å²) in [6.07, 6.45) is 11.7. The maximum absolute atomic E-state index is 12.0. The topological polar surface area (TPSA) is 85.1 Å². The predicted molar refractivity (Wildman–Crippen MR) is 146 cm³/mol. The number of carbonyl (C=O) groups is 2. The van der Waals surface area contributed by atoms with E-state index in [9.17, 15) is 9.59 Å². The fourth-order valence-electron chi connectivity index (χ4n) is 5.17. The van der Waals surface area contributed by atoms with E-state index in [0.717, 1.165) is 63.9 Å². The lowest BCUT2D eigenvalue weighted by atomic mass is 9.87. The zero-order valence-electron chi connectivity index (χ0n) is 23.8. The molecule has 0 aromatic heterocycles. The van der Waals surface area contributed by atoms with Crippen LogP contribution in [-0.4, -0.2) is 80.3 Å². The van der Waals surface area contributed by atoms with E-state index < -0.39 is 0 Å². The van der Waals surface area contributed by atoms with Gasteiger partial charge in [0.25, 0.3) is 0 Å². The van der Waals surface area contributed by atoms with Gasteiger partial charge >= 0.3 is 11.9 Å². The van der Waals surface area contributed by atoms with Crippen molar-refractivity contribution in [3.63, 3.8) is 0 Å². The van der Waals surface area contributed by atoms with E-state index in [1.54, 1.807) is 0 Å². The number of hydrogen-bond acceptors (Lipinski definition) is 7. The molecule has 2 aliphatic heterocycles. The van der Waals surface area contributed by atoms with Crippen LogP contribution in [0, 0.1) is 17.3 Å². The third kappa shape index (κ3) is 14.5. The van der Waals surface area contributed by atoms with Gasteiger partial charge in [-0.2, -0.15) is 0 Å². The van der Waals surface area contributed by atoms with Crippen molar-refractivity contribution in [2.45, 2.75) is 104 Å².